The van der Waals surface area contributed by atoms with Crippen molar-refractivity contribution >= 4 is 23.4 Å². The molecule has 0 bridgehead atoms. The predicted octanol–water partition coefficient (Wildman–Crippen LogP) is 3.17. The first-order valence-corrected chi connectivity index (χ1v) is 10.4. The molecule has 0 amide bonds. The zero-order chi connectivity index (χ0) is 20.9. The van der Waals surface area contributed by atoms with Crippen molar-refractivity contribution < 1.29 is 4.39 Å². The molecule has 2 heterocycles. The van der Waals surface area contributed by atoms with E-state index in [1.165, 1.54) is 29.5 Å². The van der Waals surface area contributed by atoms with E-state index in [1.807, 2.05) is 0 Å². The van der Waals surface area contributed by atoms with E-state index in [0.717, 1.165) is 25.9 Å². The summed E-state index contributed by atoms with van der Waals surface area (Å²) in [7, 11) is 1.67. The quantitative estimate of drug-likeness (QED) is 0.780. The average Bonchev–Trinajstić information content (AvgIpc) is 2.97. The largest absolute Gasteiger partial charge is 0.383 e. The third-order valence-electron chi connectivity index (χ3n) is 6.96. The van der Waals surface area contributed by atoms with Gasteiger partial charge in [0.05, 0.1) is 10.6 Å². The molecule has 1 aliphatic carbocycles. The molecule has 2 aromatic rings. The molecule has 6 nitrogen and oxygen atoms in total. The zero-order valence-corrected chi connectivity index (χ0v) is 17.5. The summed E-state index contributed by atoms with van der Waals surface area (Å²) < 4.78 is 15.4. The second-order valence-corrected chi connectivity index (χ2v) is 8.96. The van der Waals surface area contributed by atoms with Gasteiger partial charge in [-0.25, -0.2) is 4.39 Å². The van der Waals surface area contributed by atoms with Crippen LogP contribution in [0.4, 0.5) is 16.2 Å². The monoisotopic (exact) mass is 419 g/mol. The third kappa shape index (κ3) is 3.30. The van der Waals surface area contributed by atoms with Gasteiger partial charge in [-0.05, 0) is 54.7 Å². The number of benzene rings is 1. The molecule has 1 spiro atoms. The number of aromatic nitrogens is 2. The summed E-state index contributed by atoms with van der Waals surface area (Å²) in [6.07, 6.45) is 4.31. The minimum Gasteiger partial charge on any atom is -0.383 e. The highest BCUT2D eigenvalue weighted by molar-refractivity contribution is 6.30. The first kappa shape index (κ1) is 20.2. The molecule has 1 aliphatic heterocycles. The van der Waals surface area contributed by atoms with E-state index >= 15 is 0 Å². The average molecular weight is 420 g/mol. The van der Waals surface area contributed by atoms with E-state index in [1.54, 1.807) is 13.1 Å². The van der Waals surface area contributed by atoms with Crippen molar-refractivity contribution in [2.75, 3.05) is 23.7 Å². The van der Waals surface area contributed by atoms with Gasteiger partial charge in [0, 0.05) is 26.2 Å². The molecule has 29 heavy (non-hydrogen) atoms. The van der Waals surface area contributed by atoms with Crippen molar-refractivity contribution in [2.45, 2.75) is 38.6 Å². The maximum absolute atomic E-state index is 13.9. The first-order valence-electron chi connectivity index (χ1n) is 10.1. The number of piperidine rings is 1. The van der Waals surface area contributed by atoms with Crippen molar-refractivity contribution in [3.05, 3.63) is 39.4 Å². The van der Waals surface area contributed by atoms with E-state index in [4.69, 9.17) is 23.1 Å². The van der Waals surface area contributed by atoms with E-state index in [9.17, 15) is 9.18 Å². The van der Waals surface area contributed by atoms with Crippen LogP contribution in [0.5, 0.6) is 0 Å². The molecular formula is C21H27ClFN5O. The molecule has 1 aromatic carbocycles. The maximum Gasteiger partial charge on any atom is 0.264 e. The summed E-state index contributed by atoms with van der Waals surface area (Å²) in [4.78, 5) is 19.7. The zero-order valence-electron chi connectivity index (χ0n) is 16.8. The van der Waals surface area contributed by atoms with Gasteiger partial charge in [-0.15, -0.1) is 0 Å². The highest BCUT2D eigenvalue weighted by Gasteiger charge is 2.46. The van der Waals surface area contributed by atoms with Crippen LogP contribution in [-0.4, -0.2) is 28.7 Å². The van der Waals surface area contributed by atoms with E-state index < -0.39 is 5.82 Å². The molecule has 1 aromatic heterocycles. The molecule has 1 saturated carbocycles. The van der Waals surface area contributed by atoms with Gasteiger partial charge in [-0.1, -0.05) is 24.6 Å². The summed E-state index contributed by atoms with van der Waals surface area (Å²) in [6.45, 7) is 3.81. The molecule has 1 saturated heterocycles. The van der Waals surface area contributed by atoms with Gasteiger partial charge in [-0.3, -0.25) is 9.36 Å². The van der Waals surface area contributed by atoms with Crippen molar-refractivity contribution in [3.63, 3.8) is 0 Å². The Kier molecular flexibility index (Phi) is 5.07. The highest BCUT2D eigenvalue weighted by Crippen LogP contribution is 2.48. The fraction of sp³-hybridized carbons (Fsp3) is 0.524. The summed E-state index contributed by atoms with van der Waals surface area (Å²) >= 11 is 5.76. The molecule has 156 valence electrons. The standard InChI is InChI=1S/C21H27ClFN5O/c1-12-5-6-21(17(12)24)7-9-28(10-8-21)20-26-18(25)16(19(29)27(20)2)13-3-4-14(22)15(23)11-13/h3-4,11-12,17H,5-10,24-25H2,1-2H3/t12-,17-/m1/s1. The van der Waals surface area contributed by atoms with E-state index in [2.05, 4.69) is 16.8 Å². The number of rotatable bonds is 2. The first-order chi connectivity index (χ1) is 13.7. The Labute approximate surface area is 174 Å². The van der Waals surface area contributed by atoms with Crippen molar-refractivity contribution in [1.29, 1.82) is 0 Å². The lowest BCUT2D eigenvalue weighted by molar-refractivity contribution is 0.185. The van der Waals surface area contributed by atoms with Crippen molar-refractivity contribution in [1.82, 2.24) is 9.55 Å². The summed E-state index contributed by atoms with van der Waals surface area (Å²) in [6, 6.07) is 4.43. The second kappa shape index (κ2) is 7.29. The topological polar surface area (TPSA) is 90.2 Å². The lowest BCUT2D eigenvalue weighted by atomic mass is 9.73. The van der Waals surface area contributed by atoms with Crippen LogP contribution in [0.15, 0.2) is 23.0 Å². The summed E-state index contributed by atoms with van der Waals surface area (Å²) in [5, 5.41) is -0.00425. The minimum atomic E-state index is -0.599. The molecule has 4 N–H and O–H groups in total. The van der Waals surface area contributed by atoms with Crippen LogP contribution in [0.3, 0.4) is 0 Å². The van der Waals surface area contributed by atoms with Gasteiger partial charge in [0.2, 0.25) is 5.95 Å². The smallest absolute Gasteiger partial charge is 0.264 e. The van der Waals surface area contributed by atoms with Gasteiger partial charge in [0.15, 0.2) is 0 Å². The Balaban J connectivity index is 1.63. The fourth-order valence-corrected chi connectivity index (χ4v) is 5.13. The van der Waals surface area contributed by atoms with Crippen molar-refractivity contribution in [2.24, 2.45) is 24.1 Å². The molecule has 2 fully saturated rings. The lowest BCUT2D eigenvalue weighted by Crippen LogP contribution is -2.49. The van der Waals surface area contributed by atoms with Crippen LogP contribution in [-0.2, 0) is 7.05 Å². The number of hydrogen-bond donors (Lipinski definition) is 2. The van der Waals surface area contributed by atoms with E-state index in [0.29, 0.717) is 17.4 Å². The number of anilines is 2. The molecule has 0 unspecified atom stereocenters. The van der Waals surface area contributed by atoms with Crippen LogP contribution in [0.1, 0.15) is 32.6 Å². The van der Waals surface area contributed by atoms with Crippen molar-refractivity contribution in [3.8, 4) is 11.1 Å². The fourth-order valence-electron chi connectivity index (χ4n) is 5.01. The molecule has 2 aliphatic rings. The van der Waals surface area contributed by atoms with Crippen LogP contribution in [0.2, 0.25) is 5.02 Å². The molecular weight excluding hydrogens is 393 g/mol. The number of nitrogens with zero attached hydrogens (tertiary/aromatic N) is 3. The molecule has 2 atom stereocenters. The Hall–Kier alpha value is -2.12. The number of hydrogen-bond acceptors (Lipinski definition) is 5. The van der Waals surface area contributed by atoms with Crippen LogP contribution in [0.25, 0.3) is 11.1 Å². The highest BCUT2D eigenvalue weighted by atomic mass is 35.5. The Morgan fingerprint density at radius 3 is 2.55 bits per heavy atom. The van der Waals surface area contributed by atoms with Crippen LogP contribution >= 0.6 is 11.6 Å². The minimum absolute atomic E-state index is 0.00425. The van der Waals surface area contributed by atoms with Gasteiger partial charge >= 0.3 is 0 Å². The van der Waals surface area contributed by atoms with Crippen LogP contribution in [0, 0.1) is 17.2 Å². The summed E-state index contributed by atoms with van der Waals surface area (Å²) in [5.74, 6) is 0.591. The lowest BCUT2D eigenvalue weighted by Gasteiger charge is -2.43. The second-order valence-electron chi connectivity index (χ2n) is 8.56. The molecule has 4 rings (SSSR count). The van der Waals surface area contributed by atoms with Crippen LogP contribution < -0.4 is 21.9 Å². The van der Waals surface area contributed by atoms with Gasteiger partial charge in [0.1, 0.15) is 11.6 Å². The Morgan fingerprint density at radius 1 is 1.28 bits per heavy atom. The SMILES string of the molecule is C[C@@H]1CCC2(CCN(c3nc(N)c(-c4ccc(Cl)c(F)c4)c(=O)n3C)CC2)[C@@H]1N. The van der Waals surface area contributed by atoms with Gasteiger partial charge in [-0.2, -0.15) is 4.98 Å². The number of halogens is 2. The molecule has 8 heteroatoms. The predicted molar refractivity (Wildman–Crippen MR) is 115 cm³/mol. The van der Waals surface area contributed by atoms with Gasteiger partial charge < -0.3 is 16.4 Å². The number of nitrogen functional groups attached to an aromatic ring is 1. The maximum atomic E-state index is 13.9. The van der Waals surface area contributed by atoms with Gasteiger partial charge in [0.25, 0.3) is 5.56 Å². The molecule has 0 radical (unpaired) electrons. The van der Waals surface area contributed by atoms with E-state index in [-0.39, 0.29) is 33.4 Å². The Morgan fingerprint density at radius 2 is 1.97 bits per heavy atom. The Bertz CT molecular complexity index is 999. The normalized spacial score (nSPS) is 23.7. The summed E-state index contributed by atoms with van der Waals surface area (Å²) in [5.41, 5.74) is 13.1. The third-order valence-corrected chi connectivity index (χ3v) is 7.27. The number of nitrogens with two attached hydrogens (primary N) is 2.